The average Bonchev–Trinajstić information content (AvgIpc) is 2.46. The number of rotatable bonds is 2. The fourth-order valence-electron chi connectivity index (χ4n) is 3.79. The zero-order valence-electron chi connectivity index (χ0n) is 12.6. The molecule has 2 aliphatic rings. The number of para-hydroxylation sites is 1. The molecule has 2 heterocycles. The molecule has 2 aliphatic heterocycles. The predicted octanol–water partition coefficient (Wildman–Crippen LogP) is 2.80. The van der Waals surface area contributed by atoms with Crippen LogP contribution in [0, 0.1) is 0 Å². The third-order valence-electron chi connectivity index (χ3n) is 4.88. The molecular weight excluding hydrogens is 248 g/mol. The van der Waals surface area contributed by atoms with Gasteiger partial charge in [-0.25, -0.2) is 0 Å². The molecule has 0 spiro atoms. The van der Waals surface area contributed by atoms with Crippen molar-refractivity contribution in [1.29, 1.82) is 0 Å². The van der Waals surface area contributed by atoms with Crippen LogP contribution in [0.25, 0.3) is 0 Å². The highest BCUT2D eigenvalue weighted by Crippen LogP contribution is 2.32. The highest BCUT2D eigenvalue weighted by Gasteiger charge is 2.33. The molecule has 1 N–H and O–H groups in total. The lowest BCUT2D eigenvalue weighted by molar-refractivity contribution is 0.115. The van der Waals surface area contributed by atoms with E-state index in [2.05, 4.69) is 34.9 Å². The van der Waals surface area contributed by atoms with Crippen LogP contribution < -0.4 is 4.90 Å². The number of aliphatic hydroxyl groups is 1. The molecule has 0 saturated carbocycles. The number of hydrogen-bond donors (Lipinski definition) is 1. The van der Waals surface area contributed by atoms with Gasteiger partial charge in [0.15, 0.2) is 0 Å². The van der Waals surface area contributed by atoms with Crippen molar-refractivity contribution < 1.29 is 5.11 Å². The zero-order chi connectivity index (χ0) is 14.1. The number of piperazine rings is 1. The minimum atomic E-state index is -0.400. The van der Waals surface area contributed by atoms with Crippen LogP contribution in [0.3, 0.4) is 0 Å². The molecule has 110 valence electrons. The van der Waals surface area contributed by atoms with Crippen LogP contribution in [0.15, 0.2) is 24.3 Å². The monoisotopic (exact) mass is 274 g/mol. The Balaban J connectivity index is 1.86. The van der Waals surface area contributed by atoms with E-state index < -0.39 is 6.10 Å². The van der Waals surface area contributed by atoms with Crippen molar-refractivity contribution in [1.82, 2.24) is 4.90 Å². The highest BCUT2D eigenvalue weighted by atomic mass is 16.3. The van der Waals surface area contributed by atoms with Gasteiger partial charge in [0.25, 0.3) is 0 Å². The molecule has 3 atom stereocenters. The van der Waals surface area contributed by atoms with Gasteiger partial charge < -0.3 is 10.0 Å². The summed E-state index contributed by atoms with van der Waals surface area (Å²) in [6.45, 7) is 7.69. The van der Waals surface area contributed by atoms with E-state index >= 15 is 0 Å². The van der Waals surface area contributed by atoms with Crippen molar-refractivity contribution in [3.63, 3.8) is 0 Å². The van der Waals surface area contributed by atoms with Gasteiger partial charge in [-0.1, -0.05) is 24.6 Å². The number of anilines is 1. The van der Waals surface area contributed by atoms with Crippen LogP contribution in [0.2, 0.25) is 0 Å². The Morgan fingerprint density at radius 1 is 1.20 bits per heavy atom. The Bertz CT molecular complexity index is 460. The second-order valence-electron chi connectivity index (χ2n) is 6.38. The number of piperidine rings is 1. The maximum absolute atomic E-state index is 10.0. The highest BCUT2D eigenvalue weighted by molar-refractivity contribution is 5.56. The second kappa shape index (κ2) is 5.74. The number of benzene rings is 1. The Kier molecular flexibility index (Phi) is 3.99. The molecular formula is C17H26N2O. The molecule has 20 heavy (non-hydrogen) atoms. The Morgan fingerprint density at radius 2 is 2.00 bits per heavy atom. The van der Waals surface area contributed by atoms with Crippen LogP contribution in [0.5, 0.6) is 0 Å². The first kappa shape index (κ1) is 13.9. The Labute approximate surface area is 122 Å². The molecule has 3 heteroatoms. The lowest BCUT2D eigenvalue weighted by atomic mass is 9.95. The van der Waals surface area contributed by atoms with Crippen LogP contribution in [-0.2, 0) is 0 Å². The first-order chi connectivity index (χ1) is 9.66. The average molecular weight is 274 g/mol. The molecule has 0 radical (unpaired) electrons. The van der Waals surface area contributed by atoms with Crippen molar-refractivity contribution >= 4 is 5.69 Å². The van der Waals surface area contributed by atoms with Gasteiger partial charge in [-0.15, -0.1) is 0 Å². The normalized spacial score (nSPS) is 29.1. The molecule has 0 aliphatic carbocycles. The van der Waals surface area contributed by atoms with Gasteiger partial charge in [0.2, 0.25) is 0 Å². The molecule has 2 unspecified atom stereocenters. The molecule has 3 rings (SSSR count). The topological polar surface area (TPSA) is 26.7 Å². The number of nitrogens with zero attached hydrogens (tertiary/aromatic N) is 2. The van der Waals surface area contributed by atoms with Crippen LogP contribution in [0.1, 0.15) is 44.8 Å². The summed E-state index contributed by atoms with van der Waals surface area (Å²) in [5, 5.41) is 10.0. The summed E-state index contributed by atoms with van der Waals surface area (Å²) < 4.78 is 0. The maximum atomic E-state index is 10.0. The van der Waals surface area contributed by atoms with Gasteiger partial charge in [-0.2, -0.15) is 0 Å². The van der Waals surface area contributed by atoms with Crippen LogP contribution in [-0.4, -0.2) is 41.7 Å². The third-order valence-corrected chi connectivity index (χ3v) is 4.88. The van der Waals surface area contributed by atoms with E-state index in [0.717, 1.165) is 18.7 Å². The molecule has 2 fully saturated rings. The first-order valence-electron chi connectivity index (χ1n) is 7.94. The number of aliphatic hydroxyl groups excluding tert-OH is 1. The number of fused-ring (bicyclic) bond motifs is 1. The summed E-state index contributed by atoms with van der Waals surface area (Å²) in [4.78, 5) is 5.17. The largest absolute Gasteiger partial charge is 0.389 e. The molecule has 0 amide bonds. The lowest BCUT2D eigenvalue weighted by Crippen LogP contribution is -2.59. The van der Waals surface area contributed by atoms with Gasteiger partial charge >= 0.3 is 0 Å². The third kappa shape index (κ3) is 2.57. The predicted molar refractivity (Wildman–Crippen MR) is 83.1 cm³/mol. The van der Waals surface area contributed by atoms with Crippen molar-refractivity contribution in [2.45, 2.75) is 51.3 Å². The lowest BCUT2D eigenvalue weighted by Gasteiger charge is -2.49. The fraction of sp³-hybridized carbons (Fsp3) is 0.647. The summed E-state index contributed by atoms with van der Waals surface area (Å²) in [6.07, 6.45) is 3.64. The molecule has 1 aromatic carbocycles. The minimum Gasteiger partial charge on any atom is -0.389 e. The molecule has 2 saturated heterocycles. The van der Waals surface area contributed by atoms with E-state index in [1.165, 1.54) is 31.5 Å². The Hall–Kier alpha value is -1.06. The van der Waals surface area contributed by atoms with Crippen molar-refractivity contribution in [2.24, 2.45) is 0 Å². The summed E-state index contributed by atoms with van der Waals surface area (Å²) in [5.74, 6) is 0. The van der Waals surface area contributed by atoms with Gasteiger partial charge in [0, 0.05) is 36.4 Å². The second-order valence-corrected chi connectivity index (χ2v) is 6.38. The standard InChI is InChI=1S/C17H26N2O/c1-13-11-18-10-6-5-7-15(18)12-19(13)17-9-4-3-8-16(17)14(2)20/h3-4,8-9,13-15,20H,5-7,10-12H2,1-2H3/t13?,14-,15?/m1/s1. The summed E-state index contributed by atoms with van der Waals surface area (Å²) in [6, 6.07) is 9.54. The van der Waals surface area contributed by atoms with E-state index in [-0.39, 0.29) is 0 Å². The smallest absolute Gasteiger partial charge is 0.0781 e. The number of hydrogen-bond acceptors (Lipinski definition) is 3. The zero-order valence-corrected chi connectivity index (χ0v) is 12.6. The van der Waals surface area contributed by atoms with Crippen molar-refractivity contribution in [2.75, 3.05) is 24.5 Å². The first-order valence-corrected chi connectivity index (χ1v) is 7.94. The maximum Gasteiger partial charge on any atom is 0.0781 e. The van der Waals surface area contributed by atoms with Crippen LogP contribution in [0.4, 0.5) is 5.69 Å². The van der Waals surface area contributed by atoms with Crippen LogP contribution >= 0.6 is 0 Å². The van der Waals surface area contributed by atoms with E-state index in [4.69, 9.17) is 0 Å². The van der Waals surface area contributed by atoms with Gasteiger partial charge in [0.05, 0.1) is 6.10 Å². The summed E-state index contributed by atoms with van der Waals surface area (Å²) >= 11 is 0. The summed E-state index contributed by atoms with van der Waals surface area (Å²) in [5.41, 5.74) is 2.28. The molecule has 0 aromatic heterocycles. The van der Waals surface area contributed by atoms with E-state index in [0.29, 0.717) is 12.1 Å². The summed E-state index contributed by atoms with van der Waals surface area (Å²) in [7, 11) is 0. The SMILES string of the molecule is CC1CN2CCCCC2CN1c1ccccc1[C@@H](C)O. The quantitative estimate of drug-likeness (QED) is 0.898. The van der Waals surface area contributed by atoms with E-state index in [1.807, 2.05) is 13.0 Å². The fourth-order valence-corrected chi connectivity index (χ4v) is 3.79. The van der Waals surface area contributed by atoms with E-state index in [9.17, 15) is 5.11 Å². The van der Waals surface area contributed by atoms with Gasteiger partial charge in [-0.05, 0) is 39.3 Å². The van der Waals surface area contributed by atoms with E-state index in [1.54, 1.807) is 0 Å². The van der Waals surface area contributed by atoms with Gasteiger partial charge in [0.1, 0.15) is 0 Å². The Morgan fingerprint density at radius 3 is 2.80 bits per heavy atom. The van der Waals surface area contributed by atoms with Gasteiger partial charge in [-0.3, -0.25) is 4.90 Å². The molecule has 0 bridgehead atoms. The van der Waals surface area contributed by atoms with Crippen molar-refractivity contribution in [3.05, 3.63) is 29.8 Å². The molecule has 1 aromatic rings. The molecule has 3 nitrogen and oxygen atoms in total. The van der Waals surface area contributed by atoms with Crippen molar-refractivity contribution in [3.8, 4) is 0 Å². The minimum absolute atomic E-state index is 0.400.